The minimum absolute atomic E-state index is 0.138. The van der Waals surface area contributed by atoms with Gasteiger partial charge in [-0.25, -0.2) is 14.0 Å². The SMILES string of the molecule is COC(=O)[C@@H](CC(=O)Nc1ccccc1)Nc1ccccc1OC(=O)c1ccc(F)cc1. The lowest BCUT2D eigenvalue weighted by Crippen LogP contribution is -2.35. The van der Waals surface area contributed by atoms with Crippen molar-refractivity contribution < 1.29 is 28.2 Å². The van der Waals surface area contributed by atoms with E-state index in [1.54, 1.807) is 42.5 Å². The maximum Gasteiger partial charge on any atom is 0.343 e. The van der Waals surface area contributed by atoms with Gasteiger partial charge in [0.1, 0.15) is 11.9 Å². The van der Waals surface area contributed by atoms with E-state index in [4.69, 9.17) is 9.47 Å². The number of anilines is 2. The summed E-state index contributed by atoms with van der Waals surface area (Å²) in [6.45, 7) is 0. The van der Waals surface area contributed by atoms with Crippen molar-refractivity contribution in [3.63, 3.8) is 0 Å². The maximum atomic E-state index is 13.1. The Bertz CT molecular complexity index is 1090. The third kappa shape index (κ3) is 6.15. The van der Waals surface area contributed by atoms with Crippen molar-refractivity contribution in [3.8, 4) is 5.75 Å². The molecule has 0 aliphatic carbocycles. The number of halogens is 1. The molecule has 7 nitrogen and oxygen atoms in total. The highest BCUT2D eigenvalue weighted by Crippen LogP contribution is 2.26. The first-order valence-electron chi connectivity index (χ1n) is 9.72. The predicted molar refractivity (Wildman–Crippen MR) is 117 cm³/mol. The molecule has 8 heteroatoms. The molecular formula is C24H21FN2O5. The largest absolute Gasteiger partial charge is 0.467 e. The van der Waals surface area contributed by atoms with Crippen molar-refractivity contribution >= 4 is 29.2 Å². The van der Waals surface area contributed by atoms with Gasteiger partial charge >= 0.3 is 11.9 Å². The second kappa shape index (κ2) is 10.7. The van der Waals surface area contributed by atoms with Gasteiger partial charge < -0.3 is 20.1 Å². The lowest BCUT2D eigenvalue weighted by Gasteiger charge is -2.19. The summed E-state index contributed by atoms with van der Waals surface area (Å²) in [4.78, 5) is 37.1. The van der Waals surface area contributed by atoms with Gasteiger partial charge in [0.05, 0.1) is 24.8 Å². The number of hydrogen-bond acceptors (Lipinski definition) is 6. The van der Waals surface area contributed by atoms with Crippen molar-refractivity contribution in [2.75, 3.05) is 17.7 Å². The van der Waals surface area contributed by atoms with Crippen molar-refractivity contribution in [2.24, 2.45) is 0 Å². The highest BCUT2D eigenvalue weighted by Gasteiger charge is 2.24. The number of nitrogens with one attached hydrogen (secondary N) is 2. The number of carbonyl (C=O) groups excluding carboxylic acids is 3. The molecule has 1 atom stereocenters. The fraction of sp³-hybridized carbons (Fsp3) is 0.125. The Labute approximate surface area is 184 Å². The van der Waals surface area contributed by atoms with E-state index in [9.17, 15) is 18.8 Å². The van der Waals surface area contributed by atoms with E-state index in [1.165, 1.54) is 25.3 Å². The quantitative estimate of drug-likeness (QED) is 0.409. The van der Waals surface area contributed by atoms with Crippen LogP contribution in [0.5, 0.6) is 5.75 Å². The summed E-state index contributed by atoms with van der Waals surface area (Å²) in [6, 6.07) is 19.1. The summed E-state index contributed by atoms with van der Waals surface area (Å²) in [6.07, 6.45) is -0.220. The van der Waals surface area contributed by atoms with Gasteiger partial charge in [0, 0.05) is 5.69 Å². The minimum atomic E-state index is -1.03. The summed E-state index contributed by atoms with van der Waals surface area (Å²) in [7, 11) is 1.21. The minimum Gasteiger partial charge on any atom is -0.467 e. The van der Waals surface area contributed by atoms with Gasteiger partial charge in [-0.05, 0) is 48.5 Å². The van der Waals surface area contributed by atoms with Crippen LogP contribution >= 0.6 is 0 Å². The van der Waals surface area contributed by atoms with Gasteiger partial charge in [-0.2, -0.15) is 0 Å². The van der Waals surface area contributed by atoms with E-state index in [-0.39, 0.29) is 17.7 Å². The highest BCUT2D eigenvalue weighted by molar-refractivity contribution is 5.96. The summed E-state index contributed by atoms with van der Waals surface area (Å²) < 4.78 is 23.3. The average molecular weight is 436 g/mol. The molecule has 0 fully saturated rings. The number of rotatable bonds is 8. The molecular weight excluding hydrogens is 415 g/mol. The second-order valence-electron chi connectivity index (χ2n) is 6.73. The lowest BCUT2D eigenvalue weighted by molar-refractivity contribution is -0.142. The lowest BCUT2D eigenvalue weighted by atomic mass is 10.1. The van der Waals surface area contributed by atoms with Crippen LogP contribution in [-0.4, -0.2) is 31.0 Å². The van der Waals surface area contributed by atoms with Crippen molar-refractivity contribution in [3.05, 3.63) is 90.2 Å². The van der Waals surface area contributed by atoms with E-state index in [2.05, 4.69) is 10.6 Å². The number of ether oxygens (including phenoxy) is 2. The zero-order valence-electron chi connectivity index (χ0n) is 17.2. The Morgan fingerprint density at radius 3 is 2.25 bits per heavy atom. The summed E-state index contributed by atoms with van der Waals surface area (Å²) in [5.41, 5.74) is 1.06. The molecule has 0 bridgehead atoms. The molecule has 0 saturated carbocycles. The van der Waals surface area contributed by atoms with Gasteiger partial charge in [-0.1, -0.05) is 30.3 Å². The van der Waals surface area contributed by atoms with Crippen molar-refractivity contribution in [1.29, 1.82) is 0 Å². The third-order valence-electron chi connectivity index (χ3n) is 4.43. The molecule has 2 N–H and O–H groups in total. The van der Waals surface area contributed by atoms with Crippen LogP contribution in [0, 0.1) is 5.82 Å². The van der Waals surface area contributed by atoms with Crippen LogP contribution in [0.4, 0.5) is 15.8 Å². The van der Waals surface area contributed by atoms with E-state index >= 15 is 0 Å². The highest BCUT2D eigenvalue weighted by atomic mass is 19.1. The fourth-order valence-corrected chi connectivity index (χ4v) is 2.86. The molecule has 0 saturated heterocycles. The molecule has 3 aromatic rings. The zero-order chi connectivity index (χ0) is 22.9. The van der Waals surface area contributed by atoms with Crippen LogP contribution < -0.4 is 15.4 Å². The van der Waals surface area contributed by atoms with Gasteiger partial charge in [-0.3, -0.25) is 4.79 Å². The first kappa shape index (κ1) is 22.5. The molecule has 0 aliphatic heterocycles. The second-order valence-corrected chi connectivity index (χ2v) is 6.73. The molecule has 164 valence electrons. The van der Waals surface area contributed by atoms with Gasteiger partial charge in [0.2, 0.25) is 5.91 Å². The molecule has 1 amide bonds. The number of amides is 1. The van der Waals surface area contributed by atoms with Crippen molar-refractivity contribution in [2.45, 2.75) is 12.5 Å². The van der Waals surface area contributed by atoms with Gasteiger partial charge in [0.25, 0.3) is 0 Å². The normalized spacial score (nSPS) is 11.2. The monoisotopic (exact) mass is 436 g/mol. The first-order chi connectivity index (χ1) is 15.5. The van der Waals surface area contributed by atoms with E-state index in [0.717, 1.165) is 12.1 Å². The molecule has 0 heterocycles. The van der Waals surface area contributed by atoms with E-state index < -0.39 is 29.7 Å². The predicted octanol–water partition coefficient (Wildman–Crippen LogP) is 4.03. The molecule has 0 aliphatic rings. The van der Waals surface area contributed by atoms with Crippen molar-refractivity contribution in [1.82, 2.24) is 0 Å². The number of benzene rings is 3. The molecule has 0 spiro atoms. The molecule has 0 radical (unpaired) electrons. The maximum absolute atomic E-state index is 13.1. The van der Waals surface area contributed by atoms with Crippen LogP contribution in [0.15, 0.2) is 78.9 Å². The number of carbonyl (C=O) groups is 3. The Balaban J connectivity index is 1.73. The Kier molecular flexibility index (Phi) is 7.53. The molecule has 0 unspecified atom stereocenters. The van der Waals surface area contributed by atoms with Crippen LogP contribution in [0.25, 0.3) is 0 Å². The summed E-state index contributed by atoms with van der Waals surface area (Å²) in [5.74, 6) is -2.10. The zero-order valence-corrected chi connectivity index (χ0v) is 17.2. The number of esters is 2. The van der Waals surface area contributed by atoms with Crippen LogP contribution in [0.3, 0.4) is 0 Å². The average Bonchev–Trinajstić information content (AvgIpc) is 2.80. The van der Waals surface area contributed by atoms with Crippen LogP contribution in [0.1, 0.15) is 16.8 Å². The summed E-state index contributed by atoms with van der Waals surface area (Å²) in [5, 5.41) is 5.62. The molecule has 3 aromatic carbocycles. The Hall–Kier alpha value is -4.20. The molecule has 32 heavy (non-hydrogen) atoms. The number of methoxy groups -OCH3 is 1. The fourth-order valence-electron chi connectivity index (χ4n) is 2.86. The number of para-hydroxylation sites is 3. The van der Waals surface area contributed by atoms with Gasteiger partial charge in [-0.15, -0.1) is 0 Å². The smallest absolute Gasteiger partial charge is 0.343 e. The molecule has 0 aromatic heterocycles. The topological polar surface area (TPSA) is 93.7 Å². The summed E-state index contributed by atoms with van der Waals surface area (Å²) >= 11 is 0. The standard InChI is InChI=1S/C24H21FN2O5/c1-31-24(30)20(15-22(28)26-18-7-3-2-4-8-18)27-19-9-5-6-10-21(19)32-23(29)16-11-13-17(25)14-12-16/h2-14,20,27H,15H2,1H3,(H,26,28)/t20-/m1/s1. The Morgan fingerprint density at radius 1 is 0.906 bits per heavy atom. The Morgan fingerprint density at radius 2 is 1.56 bits per heavy atom. The van der Waals surface area contributed by atoms with Crippen LogP contribution in [-0.2, 0) is 14.3 Å². The third-order valence-corrected chi connectivity index (χ3v) is 4.43. The van der Waals surface area contributed by atoms with E-state index in [1.807, 2.05) is 6.07 Å². The van der Waals surface area contributed by atoms with E-state index in [0.29, 0.717) is 11.4 Å². The number of hydrogen-bond donors (Lipinski definition) is 2. The molecule has 3 rings (SSSR count). The first-order valence-corrected chi connectivity index (χ1v) is 9.72. The van der Waals surface area contributed by atoms with Gasteiger partial charge in [0.15, 0.2) is 5.75 Å². The van der Waals surface area contributed by atoms with Crippen LogP contribution in [0.2, 0.25) is 0 Å².